The Bertz CT molecular complexity index is 355. The van der Waals surface area contributed by atoms with Crippen molar-refractivity contribution in [2.24, 2.45) is 7.05 Å². The average molecular weight is 195 g/mol. The van der Waals surface area contributed by atoms with Crippen LogP contribution in [-0.4, -0.2) is 27.8 Å². The quantitative estimate of drug-likeness (QED) is 0.655. The van der Waals surface area contributed by atoms with E-state index in [9.17, 15) is 4.79 Å². The Morgan fingerprint density at radius 3 is 2.93 bits per heavy atom. The molecular formula is C9H13N3O2. The molecule has 76 valence electrons. The molecule has 0 saturated heterocycles. The van der Waals surface area contributed by atoms with Crippen LogP contribution in [0, 0.1) is 0 Å². The van der Waals surface area contributed by atoms with Gasteiger partial charge < -0.3 is 4.74 Å². The summed E-state index contributed by atoms with van der Waals surface area (Å²) in [6.07, 6.45) is 2.54. The van der Waals surface area contributed by atoms with Crippen molar-refractivity contribution in [1.29, 1.82) is 0 Å². The number of carbonyl (C=O) groups excluding carboxylic acids is 1. The first-order chi connectivity index (χ1) is 6.70. The van der Waals surface area contributed by atoms with E-state index in [4.69, 9.17) is 0 Å². The van der Waals surface area contributed by atoms with E-state index in [0.717, 1.165) is 5.82 Å². The SMILES string of the molecule is COC(=O)Cc1nc(C2CC2)nn1C. The van der Waals surface area contributed by atoms with E-state index in [1.54, 1.807) is 11.7 Å². The number of methoxy groups -OCH3 is 1. The van der Waals surface area contributed by atoms with Crippen molar-refractivity contribution in [3.8, 4) is 0 Å². The Morgan fingerprint density at radius 2 is 2.36 bits per heavy atom. The van der Waals surface area contributed by atoms with Crippen LogP contribution in [0.1, 0.15) is 30.4 Å². The highest BCUT2D eigenvalue weighted by Gasteiger charge is 2.28. The van der Waals surface area contributed by atoms with E-state index in [1.165, 1.54) is 20.0 Å². The van der Waals surface area contributed by atoms with Gasteiger partial charge in [-0.15, -0.1) is 0 Å². The maximum absolute atomic E-state index is 11.0. The molecule has 0 unspecified atom stereocenters. The standard InChI is InChI=1S/C9H13N3O2/c1-12-7(5-8(13)14-2)10-9(11-12)6-3-4-6/h6H,3-5H2,1-2H3. The zero-order valence-electron chi connectivity index (χ0n) is 8.36. The molecule has 1 aromatic heterocycles. The van der Waals surface area contributed by atoms with Crippen molar-refractivity contribution >= 4 is 5.97 Å². The topological polar surface area (TPSA) is 57.0 Å². The first kappa shape index (κ1) is 9.18. The highest BCUT2D eigenvalue weighted by Crippen LogP contribution is 2.37. The summed E-state index contributed by atoms with van der Waals surface area (Å²) in [7, 11) is 3.18. The first-order valence-electron chi connectivity index (χ1n) is 4.67. The van der Waals surface area contributed by atoms with Crippen molar-refractivity contribution in [3.63, 3.8) is 0 Å². The zero-order valence-corrected chi connectivity index (χ0v) is 8.36. The van der Waals surface area contributed by atoms with Gasteiger partial charge in [0.1, 0.15) is 12.2 Å². The summed E-state index contributed by atoms with van der Waals surface area (Å²) in [5, 5.41) is 4.26. The summed E-state index contributed by atoms with van der Waals surface area (Å²) in [6, 6.07) is 0. The van der Waals surface area contributed by atoms with Crippen LogP contribution in [0.15, 0.2) is 0 Å². The lowest BCUT2D eigenvalue weighted by Gasteiger charge is -1.97. The molecule has 1 heterocycles. The fourth-order valence-corrected chi connectivity index (χ4v) is 1.31. The number of esters is 1. The molecule has 0 aromatic carbocycles. The van der Waals surface area contributed by atoms with Gasteiger partial charge in [-0.1, -0.05) is 0 Å². The summed E-state index contributed by atoms with van der Waals surface area (Å²) in [6.45, 7) is 0. The predicted molar refractivity (Wildman–Crippen MR) is 48.7 cm³/mol. The first-order valence-corrected chi connectivity index (χ1v) is 4.67. The Hall–Kier alpha value is -1.39. The number of hydrogen-bond donors (Lipinski definition) is 0. The Morgan fingerprint density at radius 1 is 1.64 bits per heavy atom. The molecule has 0 radical (unpaired) electrons. The van der Waals surface area contributed by atoms with Crippen molar-refractivity contribution in [2.45, 2.75) is 25.2 Å². The van der Waals surface area contributed by atoms with Gasteiger partial charge in [-0.25, -0.2) is 4.98 Å². The highest BCUT2D eigenvalue weighted by molar-refractivity contribution is 5.71. The van der Waals surface area contributed by atoms with Gasteiger partial charge in [0.2, 0.25) is 0 Å². The number of carbonyl (C=O) groups is 1. The highest BCUT2D eigenvalue weighted by atomic mass is 16.5. The molecular weight excluding hydrogens is 182 g/mol. The number of hydrogen-bond acceptors (Lipinski definition) is 4. The largest absolute Gasteiger partial charge is 0.469 e. The van der Waals surface area contributed by atoms with Gasteiger partial charge in [0.15, 0.2) is 5.82 Å². The second-order valence-electron chi connectivity index (χ2n) is 3.54. The average Bonchev–Trinajstić information content (AvgIpc) is 2.94. The molecule has 1 fully saturated rings. The monoisotopic (exact) mass is 195 g/mol. The molecule has 5 nitrogen and oxygen atoms in total. The number of rotatable bonds is 3. The van der Waals surface area contributed by atoms with Crippen LogP contribution in [0.5, 0.6) is 0 Å². The molecule has 1 aliphatic rings. The third-order valence-corrected chi connectivity index (χ3v) is 2.34. The Balaban J connectivity index is 2.12. The van der Waals surface area contributed by atoms with Crippen LogP contribution < -0.4 is 0 Å². The van der Waals surface area contributed by atoms with E-state index in [0.29, 0.717) is 11.7 Å². The minimum atomic E-state index is -0.275. The molecule has 1 saturated carbocycles. The van der Waals surface area contributed by atoms with Gasteiger partial charge in [0.05, 0.1) is 7.11 Å². The summed E-state index contributed by atoms with van der Waals surface area (Å²) in [5.41, 5.74) is 0. The molecule has 0 bridgehead atoms. The molecule has 0 aliphatic heterocycles. The molecule has 0 spiro atoms. The second-order valence-corrected chi connectivity index (χ2v) is 3.54. The normalized spacial score (nSPS) is 15.6. The molecule has 14 heavy (non-hydrogen) atoms. The van der Waals surface area contributed by atoms with E-state index in [2.05, 4.69) is 14.8 Å². The van der Waals surface area contributed by atoms with Crippen LogP contribution in [0.3, 0.4) is 0 Å². The van der Waals surface area contributed by atoms with Crippen LogP contribution in [0.25, 0.3) is 0 Å². The number of nitrogens with zero attached hydrogens (tertiary/aromatic N) is 3. The molecule has 5 heteroatoms. The summed E-state index contributed by atoms with van der Waals surface area (Å²) >= 11 is 0. The van der Waals surface area contributed by atoms with Gasteiger partial charge in [-0.3, -0.25) is 9.48 Å². The van der Waals surface area contributed by atoms with Crippen molar-refractivity contribution < 1.29 is 9.53 Å². The van der Waals surface area contributed by atoms with Crippen LogP contribution >= 0.6 is 0 Å². The molecule has 0 amide bonds. The van der Waals surface area contributed by atoms with E-state index in [1.807, 2.05) is 0 Å². The van der Waals surface area contributed by atoms with Crippen molar-refractivity contribution in [1.82, 2.24) is 14.8 Å². The van der Waals surface area contributed by atoms with Crippen molar-refractivity contribution in [2.75, 3.05) is 7.11 Å². The van der Waals surface area contributed by atoms with Crippen LogP contribution in [0.2, 0.25) is 0 Å². The lowest BCUT2D eigenvalue weighted by molar-refractivity contribution is -0.139. The third-order valence-electron chi connectivity index (χ3n) is 2.34. The maximum Gasteiger partial charge on any atom is 0.313 e. The summed E-state index contributed by atoms with van der Waals surface area (Å²) < 4.78 is 6.23. The fourth-order valence-electron chi connectivity index (χ4n) is 1.31. The molecule has 0 N–H and O–H groups in total. The second kappa shape index (κ2) is 3.40. The molecule has 0 atom stereocenters. The summed E-state index contributed by atoms with van der Waals surface area (Å²) in [4.78, 5) is 15.3. The van der Waals surface area contributed by atoms with E-state index >= 15 is 0 Å². The lowest BCUT2D eigenvalue weighted by Crippen LogP contribution is -2.09. The van der Waals surface area contributed by atoms with E-state index in [-0.39, 0.29) is 12.4 Å². The van der Waals surface area contributed by atoms with Crippen molar-refractivity contribution in [3.05, 3.63) is 11.6 Å². The maximum atomic E-state index is 11.0. The van der Waals surface area contributed by atoms with Gasteiger partial charge >= 0.3 is 5.97 Å². The molecule has 1 aromatic rings. The van der Waals surface area contributed by atoms with Gasteiger partial charge in [0.25, 0.3) is 0 Å². The minimum absolute atomic E-state index is 0.201. The number of aryl methyl sites for hydroxylation is 1. The predicted octanol–water partition coefficient (Wildman–Crippen LogP) is 0.408. The molecule has 1 aliphatic carbocycles. The number of aromatic nitrogens is 3. The third kappa shape index (κ3) is 1.76. The van der Waals surface area contributed by atoms with Gasteiger partial charge in [0, 0.05) is 13.0 Å². The number of ether oxygens (including phenoxy) is 1. The smallest absolute Gasteiger partial charge is 0.313 e. The summed E-state index contributed by atoms with van der Waals surface area (Å²) in [5.74, 6) is 1.79. The van der Waals surface area contributed by atoms with Gasteiger partial charge in [-0.2, -0.15) is 5.10 Å². The Kier molecular flexibility index (Phi) is 2.23. The zero-order chi connectivity index (χ0) is 10.1. The van der Waals surface area contributed by atoms with Crippen LogP contribution in [-0.2, 0) is 23.0 Å². The fraction of sp³-hybridized carbons (Fsp3) is 0.667. The molecule has 2 rings (SSSR count). The van der Waals surface area contributed by atoms with Crippen LogP contribution in [0.4, 0.5) is 0 Å². The Labute approximate surface area is 82.1 Å². The minimum Gasteiger partial charge on any atom is -0.469 e. The lowest BCUT2D eigenvalue weighted by atomic mass is 10.4. The van der Waals surface area contributed by atoms with E-state index < -0.39 is 0 Å². The van der Waals surface area contributed by atoms with Gasteiger partial charge in [-0.05, 0) is 12.8 Å².